The van der Waals surface area contributed by atoms with E-state index < -0.39 is 0 Å². The Balaban J connectivity index is 1.50. The molecule has 3 fully saturated rings. The molecule has 2 amide bonds. The van der Waals surface area contributed by atoms with Crippen LogP contribution in [-0.2, 0) is 4.79 Å². The fourth-order valence-corrected chi connectivity index (χ4v) is 5.23. The average Bonchev–Trinajstić information content (AvgIpc) is 3.20. The highest BCUT2D eigenvalue weighted by molar-refractivity contribution is 5.94. The van der Waals surface area contributed by atoms with Gasteiger partial charge in [0.05, 0.1) is 0 Å². The van der Waals surface area contributed by atoms with Crippen LogP contribution < -0.4 is 0 Å². The van der Waals surface area contributed by atoms with Crippen LogP contribution in [0.2, 0.25) is 0 Å². The van der Waals surface area contributed by atoms with Gasteiger partial charge in [-0.05, 0) is 56.7 Å². The van der Waals surface area contributed by atoms with Crippen LogP contribution in [-0.4, -0.2) is 52.4 Å². The number of nitrogens with zero attached hydrogens (tertiary/aromatic N) is 2. The van der Waals surface area contributed by atoms with Gasteiger partial charge in [0.15, 0.2) is 0 Å². The minimum Gasteiger partial charge on any atom is -0.508 e. The number of aromatic hydroxyl groups is 1. The third kappa shape index (κ3) is 3.56. The van der Waals surface area contributed by atoms with Crippen LogP contribution in [0.25, 0.3) is 0 Å². The van der Waals surface area contributed by atoms with E-state index in [-0.39, 0.29) is 17.1 Å². The van der Waals surface area contributed by atoms with Gasteiger partial charge in [-0.1, -0.05) is 18.9 Å². The Morgan fingerprint density at radius 2 is 1.93 bits per heavy atom. The summed E-state index contributed by atoms with van der Waals surface area (Å²) in [6, 6.07) is 5.58. The molecule has 1 atom stereocenters. The van der Waals surface area contributed by atoms with Crippen molar-refractivity contribution in [3.05, 3.63) is 29.3 Å². The molecule has 4 rings (SSSR count). The number of phenolic OH excluding ortho intramolecular Hbond substituents is 1. The van der Waals surface area contributed by atoms with E-state index in [4.69, 9.17) is 0 Å². The van der Waals surface area contributed by atoms with Gasteiger partial charge in [0.2, 0.25) is 5.91 Å². The van der Waals surface area contributed by atoms with E-state index in [1.165, 1.54) is 12.8 Å². The fraction of sp³-hybridized carbons (Fsp3) is 0.636. The Hall–Kier alpha value is -2.04. The summed E-state index contributed by atoms with van der Waals surface area (Å²) in [6.07, 6.45) is 8.29. The molecule has 2 saturated heterocycles. The number of piperidine rings is 2. The Bertz CT molecular complexity index is 741. The highest BCUT2D eigenvalue weighted by Gasteiger charge is 2.44. The van der Waals surface area contributed by atoms with E-state index in [0.717, 1.165) is 57.3 Å². The molecule has 27 heavy (non-hydrogen) atoms. The highest BCUT2D eigenvalue weighted by atomic mass is 16.3. The van der Waals surface area contributed by atoms with Crippen molar-refractivity contribution in [1.29, 1.82) is 0 Å². The van der Waals surface area contributed by atoms with E-state index in [1.54, 1.807) is 18.2 Å². The van der Waals surface area contributed by atoms with Crippen molar-refractivity contribution in [2.75, 3.05) is 19.6 Å². The van der Waals surface area contributed by atoms with Crippen LogP contribution in [0.4, 0.5) is 0 Å². The van der Waals surface area contributed by atoms with Gasteiger partial charge in [-0.25, -0.2) is 0 Å². The molecule has 1 spiro atoms. The van der Waals surface area contributed by atoms with Crippen molar-refractivity contribution in [3.8, 4) is 5.75 Å². The lowest BCUT2D eigenvalue weighted by Crippen LogP contribution is -2.56. The molecular weight excluding hydrogens is 340 g/mol. The monoisotopic (exact) mass is 370 g/mol. The molecule has 3 aliphatic rings. The Morgan fingerprint density at radius 3 is 2.67 bits per heavy atom. The van der Waals surface area contributed by atoms with Gasteiger partial charge in [-0.3, -0.25) is 9.59 Å². The molecule has 0 radical (unpaired) electrons. The summed E-state index contributed by atoms with van der Waals surface area (Å²) < 4.78 is 0. The van der Waals surface area contributed by atoms with Gasteiger partial charge < -0.3 is 14.9 Å². The number of rotatable bonds is 2. The average molecular weight is 370 g/mol. The topological polar surface area (TPSA) is 60.9 Å². The number of hydrogen-bond donors (Lipinski definition) is 1. The summed E-state index contributed by atoms with van der Waals surface area (Å²) in [4.78, 5) is 29.6. The van der Waals surface area contributed by atoms with E-state index in [2.05, 4.69) is 4.90 Å². The SMILES string of the molecule is Cc1ccc(C(=O)N2CCC[C@@]3(CCC(=O)N(C4CCCC4)C3)C2)cc1O. The first-order chi connectivity index (χ1) is 13.0. The zero-order chi connectivity index (χ0) is 19.0. The van der Waals surface area contributed by atoms with Gasteiger partial charge >= 0.3 is 0 Å². The molecule has 1 aromatic rings. The maximum atomic E-state index is 13.0. The molecule has 0 unspecified atom stereocenters. The summed E-state index contributed by atoms with van der Waals surface area (Å²) in [7, 11) is 0. The Kier molecular flexibility index (Phi) is 4.87. The van der Waals surface area contributed by atoms with Crippen LogP contribution >= 0.6 is 0 Å². The minimum absolute atomic E-state index is 0.00584. The smallest absolute Gasteiger partial charge is 0.254 e. The molecule has 1 aliphatic carbocycles. The summed E-state index contributed by atoms with van der Waals surface area (Å²) in [5.41, 5.74) is 1.37. The van der Waals surface area contributed by atoms with Crippen molar-refractivity contribution in [2.45, 2.75) is 64.3 Å². The maximum Gasteiger partial charge on any atom is 0.254 e. The van der Waals surface area contributed by atoms with Crippen LogP contribution in [0.15, 0.2) is 18.2 Å². The third-order valence-electron chi connectivity index (χ3n) is 6.87. The largest absolute Gasteiger partial charge is 0.508 e. The van der Waals surface area contributed by atoms with Gasteiger partial charge in [-0.15, -0.1) is 0 Å². The quantitative estimate of drug-likeness (QED) is 0.867. The lowest BCUT2D eigenvalue weighted by molar-refractivity contribution is -0.142. The van der Waals surface area contributed by atoms with Gasteiger partial charge in [0, 0.05) is 43.1 Å². The first kappa shape index (κ1) is 18.3. The molecule has 1 N–H and O–H groups in total. The van der Waals surface area contributed by atoms with Crippen LogP contribution in [0.5, 0.6) is 5.75 Å². The minimum atomic E-state index is -0.00584. The molecule has 5 heteroatoms. The number of carbonyl (C=O) groups excluding carboxylic acids is 2. The molecule has 2 heterocycles. The molecule has 0 aromatic heterocycles. The molecule has 0 bridgehead atoms. The van der Waals surface area contributed by atoms with Crippen molar-refractivity contribution in [1.82, 2.24) is 9.80 Å². The predicted molar refractivity (Wildman–Crippen MR) is 104 cm³/mol. The standard InChI is InChI=1S/C22H30N2O3/c1-16-7-8-17(13-19(16)25)21(27)23-12-4-10-22(14-23)11-9-20(26)24(15-22)18-5-2-3-6-18/h7-8,13,18,25H,2-6,9-12,14-15H2,1H3/t22-/m1/s1. The molecular formula is C22H30N2O3. The lowest BCUT2D eigenvalue weighted by atomic mass is 9.73. The normalized spacial score (nSPS) is 26.8. The number of amides is 2. The summed E-state index contributed by atoms with van der Waals surface area (Å²) in [5.74, 6) is 0.469. The Morgan fingerprint density at radius 1 is 1.15 bits per heavy atom. The maximum absolute atomic E-state index is 13.0. The predicted octanol–water partition coefficient (Wildman–Crippen LogP) is 3.49. The van der Waals surface area contributed by atoms with Gasteiger partial charge in [0.25, 0.3) is 5.91 Å². The second-order valence-corrected chi connectivity index (χ2v) is 8.79. The number of aryl methyl sites for hydroxylation is 1. The van der Waals surface area contributed by atoms with Crippen LogP contribution in [0.1, 0.15) is 67.3 Å². The molecule has 146 valence electrons. The third-order valence-corrected chi connectivity index (χ3v) is 6.87. The first-order valence-electron chi connectivity index (χ1n) is 10.4. The van der Waals surface area contributed by atoms with Crippen LogP contribution in [0, 0.1) is 12.3 Å². The first-order valence-corrected chi connectivity index (χ1v) is 10.4. The number of phenols is 1. The highest BCUT2D eigenvalue weighted by Crippen LogP contribution is 2.41. The fourth-order valence-electron chi connectivity index (χ4n) is 5.23. The molecule has 1 aromatic carbocycles. The van der Waals surface area contributed by atoms with Gasteiger partial charge in [0.1, 0.15) is 5.75 Å². The van der Waals surface area contributed by atoms with Crippen LogP contribution in [0.3, 0.4) is 0 Å². The molecule has 2 aliphatic heterocycles. The Labute approximate surface area is 161 Å². The summed E-state index contributed by atoms with van der Waals surface area (Å²) in [5, 5.41) is 9.96. The van der Waals surface area contributed by atoms with Crippen molar-refractivity contribution < 1.29 is 14.7 Å². The lowest BCUT2D eigenvalue weighted by Gasteiger charge is -2.49. The number of benzene rings is 1. The zero-order valence-corrected chi connectivity index (χ0v) is 16.2. The van der Waals surface area contributed by atoms with E-state index >= 15 is 0 Å². The molecule has 5 nitrogen and oxygen atoms in total. The van der Waals surface area contributed by atoms with Gasteiger partial charge in [-0.2, -0.15) is 0 Å². The van der Waals surface area contributed by atoms with Crippen molar-refractivity contribution >= 4 is 11.8 Å². The van der Waals surface area contributed by atoms with E-state index in [0.29, 0.717) is 23.9 Å². The number of carbonyl (C=O) groups is 2. The number of hydrogen-bond acceptors (Lipinski definition) is 3. The van der Waals surface area contributed by atoms with Crippen molar-refractivity contribution in [3.63, 3.8) is 0 Å². The molecule has 1 saturated carbocycles. The summed E-state index contributed by atoms with van der Waals surface area (Å²) in [6.45, 7) is 4.11. The van der Waals surface area contributed by atoms with E-state index in [1.807, 2.05) is 11.8 Å². The number of likely N-dealkylation sites (tertiary alicyclic amines) is 2. The zero-order valence-electron chi connectivity index (χ0n) is 16.2. The van der Waals surface area contributed by atoms with E-state index in [9.17, 15) is 14.7 Å². The van der Waals surface area contributed by atoms with Crippen molar-refractivity contribution in [2.24, 2.45) is 5.41 Å². The second-order valence-electron chi connectivity index (χ2n) is 8.79. The summed E-state index contributed by atoms with van der Waals surface area (Å²) >= 11 is 0. The second kappa shape index (κ2) is 7.17.